The standard InChI is InChI=1S/C16H22N2O3/c1-11-5-6-13(17)12(9-11)14(19)18-10-16(15(20)21)7-3-2-4-8-16/h5-6,9H,2-4,7-8,10,17H2,1H3,(H,18,19)(H,20,21). The van der Waals surface area contributed by atoms with Crippen LogP contribution in [-0.2, 0) is 4.79 Å². The third kappa shape index (κ3) is 3.35. The number of aryl methyl sites for hydroxylation is 1. The molecule has 1 saturated carbocycles. The molecule has 0 unspecified atom stereocenters. The predicted molar refractivity (Wildman–Crippen MR) is 81.1 cm³/mol. The van der Waals surface area contributed by atoms with Gasteiger partial charge < -0.3 is 16.2 Å². The smallest absolute Gasteiger partial charge is 0.311 e. The molecule has 0 aliphatic heterocycles. The van der Waals surface area contributed by atoms with Crippen LogP contribution in [-0.4, -0.2) is 23.5 Å². The minimum Gasteiger partial charge on any atom is -0.481 e. The Balaban J connectivity index is 2.08. The van der Waals surface area contributed by atoms with Gasteiger partial charge >= 0.3 is 5.97 Å². The number of nitrogens with one attached hydrogen (secondary N) is 1. The predicted octanol–water partition coefficient (Wildman–Crippen LogP) is 2.34. The first-order valence-corrected chi connectivity index (χ1v) is 7.32. The molecule has 0 saturated heterocycles. The summed E-state index contributed by atoms with van der Waals surface area (Å²) in [6.07, 6.45) is 4.09. The molecule has 1 fully saturated rings. The van der Waals surface area contributed by atoms with Gasteiger partial charge in [0.15, 0.2) is 0 Å². The second-order valence-corrected chi connectivity index (χ2v) is 5.92. The molecule has 1 aliphatic carbocycles. The van der Waals surface area contributed by atoms with Crippen molar-refractivity contribution in [3.05, 3.63) is 29.3 Å². The number of nitrogen functional groups attached to an aromatic ring is 1. The maximum Gasteiger partial charge on any atom is 0.311 e. The fourth-order valence-corrected chi connectivity index (χ4v) is 2.91. The van der Waals surface area contributed by atoms with E-state index in [0.717, 1.165) is 24.8 Å². The van der Waals surface area contributed by atoms with E-state index in [4.69, 9.17) is 5.73 Å². The van der Waals surface area contributed by atoms with Crippen LogP contribution in [0.2, 0.25) is 0 Å². The monoisotopic (exact) mass is 290 g/mol. The molecule has 2 rings (SSSR count). The van der Waals surface area contributed by atoms with E-state index >= 15 is 0 Å². The summed E-state index contributed by atoms with van der Waals surface area (Å²) in [5, 5.41) is 12.3. The number of amides is 1. The van der Waals surface area contributed by atoms with Crippen molar-refractivity contribution < 1.29 is 14.7 Å². The van der Waals surface area contributed by atoms with Gasteiger partial charge in [0.05, 0.1) is 11.0 Å². The Hall–Kier alpha value is -2.04. The van der Waals surface area contributed by atoms with Gasteiger partial charge in [-0.05, 0) is 31.9 Å². The van der Waals surface area contributed by atoms with Crippen LogP contribution in [0.15, 0.2) is 18.2 Å². The molecule has 1 aliphatic rings. The molecule has 0 bridgehead atoms. The summed E-state index contributed by atoms with van der Waals surface area (Å²) in [6, 6.07) is 5.25. The van der Waals surface area contributed by atoms with E-state index in [1.54, 1.807) is 12.1 Å². The molecule has 0 aromatic heterocycles. The van der Waals surface area contributed by atoms with E-state index in [1.165, 1.54) is 0 Å². The molecular formula is C16H22N2O3. The second-order valence-electron chi connectivity index (χ2n) is 5.92. The molecule has 4 N–H and O–H groups in total. The lowest BCUT2D eigenvalue weighted by molar-refractivity contribution is -0.150. The molecule has 114 valence electrons. The number of rotatable bonds is 4. The van der Waals surface area contributed by atoms with Gasteiger partial charge in [-0.1, -0.05) is 30.9 Å². The Morgan fingerprint density at radius 3 is 2.57 bits per heavy atom. The van der Waals surface area contributed by atoms with Gasteiger partial charge in [0, 0.05) is 12.2 Å². The van der Waals surface area contributed by atoms with Gasteiger partial charge in [-0.25, -0.2) is 0 Å². The first-order valence-electron chi connectivity index (χ1n) is 7.32. The highest BCUT2D eigenvalue weighted by atomic mass is 16.4. The fraction of sp³-hybridized carbons (Fsp3) is 0.500. The number of carbonyl (C=O) groups is 2. The number of carbonyl (C=O) groups excluding carboxylic acids is 1. The van der Waals surface area contributed by atoms with Crippen LogP contribution in [0.4, 0.5) is 5.69 Å². The summed E-state index contributed by atoms with van der Waals surface area (Å²) in [7, 11) is 0. The Morgan fingerprint density at radius 1 is 1.29 bits per heavy atom. The molecule has 21 heavy (non-hydrogen) atoms. The number of aliphatic carboxylic acids is 1. The van der Waals surface area contributed by atoms with Crippen molar-refractivity contribution in [3.63, 3.8) is 0 Å². The lowest BCUT2D eigenvalue weighted by atomic mass is 9.74. The maximum atomic E-state index is 12.2. The van der Waals surface area contributed by atoms with E-state index in [1.807, 2.05) is 13.0 Å². The van der Waals surface area contributed by atoms with Crippen LogP contribution < -0.4 is 11.1 Å². The van der Waals surface area contributed by atoms with Gasteiger partial charge in [-0.3, -0.25) is 9.59 Å². The summed E-state index contributed by atoms with van der Waals surface area (Å²) >= 11 is 0. The molecule has 0 radical (unpaired) electrons. The van der Waals surface area contributed by atoms with Crippen molar-refractivity contribution in [1.82, 2.24) is 5.32 Å². The average molecular weight is 290 g/mol. The van der Waals surface area contributed by atoms with E-state index in [0.29, 0.717) is 24.1 Å². The van der Waals surface area contributed by atoms with Gasteiger partial charge in [0.25, 0.3) is 5.91 Å². The number of anilines is 1. The van der Waals surface area contributed by atoms with E-state index < -0.39 is 11.4 Å². The molecule has 1 amide bonds. The first kappa shape index (κ1) is 15.4. The highest BCUT2D eigenvalue weighted by molar-refractivity contribution is 5.99. The fourth-order valence-electron chi connectivity index (χ4n) is 2.91. The van der Waals surface area contributed by atoms with E-state index in [9.17, 15) is 14.7 Å². The highest BCUT2D eigenvalue weighted by Crippen LogP contribution is 2.36. The molecule has 5 nitrogen and oxygen atoms in total. The third-order valence-electron chi connectivity index (χ3n) is 4.31. The number of carboxylic acids is 1. The van der Waals surface area contributed by atoms with Crippen LogP contribution in [0.3, 0.4) is 0 Å². The lowest BCUT2D eigenvalue weighted by Gasteiger charge is -2.33. The molecule has 1 aromatic rings. The molecule has 5 heteroatoms. The van der Waals surface area contributed by atoms with Crippen molar-refractivity contribution in [2.24, 2.45) is 5.41 Å². The van der Waals surface area contributed by atoms with Crippen molar-refractivity contribution in [2.75, 3.05) is 12.3 Å². The summed E-state index contributed by atoms with van der Waals surface area (Å²) in [5.41, 5.74) is 6.75. The minimum absolute atomic E-state index is 0.161. The van der Waals surface area contributed by atoms with E-state index in [2.05, 4.69) is 5.32 Å². The van der Waals surface area contributed by atoms with Crippen LogP contribution in [0.1, 0.15) is 48.0 Å². The number of hydrogen-bond acceptors (Lipinski definition) is 3. The molecule has 0 heterocycles. The van der Waals surface area contributed by atoms with Crippen LogP contribution in [0.5, 0.6) is 0 Å². The van der Waals surface area contributed by atoms with Crippen molar-refractivity contribution in [1.29, 1.82) is 0 Å². The summed E-state index contributed by atoms with van der Waals surface area (Å²) in [6.45, 7) is 2.05. The van der Waals surface area contributed by atoms with Gasteiger partial charge in [-0.15, -0.1) is 0 Å². The molecule has 0 spiro atoms. The van der Waals surface area contributed by atoms with E-state index in [-0.39, 0.29) is 12.5 Å². The maximum absolute atomic E-state index is 12.2. The molecule has 1 aromatic carbocycles. The quantitative estimate of drug-likeness (QED) is 0.742. The zero-order valence-electron chi connectivity index (χ0n) is 12.3. The van der Waals surface area contributed by atoms with Gasteiger partial charge in [0.1, 0.15) is 0 Å². The zero-order chi connectivity index (χ0) is 15.5. The number of carboxylic acid groups (broad SMARTS) is 1. The third-order valence-corrected chi connectivity index (χ3v) is 4.31. The highest BCUT2D eigenvalue weighted by Gasteiger charge is 2.39. The Morgan fingerprint density at radius 2 is 1.95 bits per heavy atom. The number of nitrogens with two attached hydrogens (primary N) is 1. The van der Waals surface area contributed by atoms with Crippen LogP contribution in [0, 0.1) is 12.3 Å². The lowest BCUT2D eigenvalue weighted by Crippen LogP contribution is -2.44. The van der Waals surface area contributed by atoms with Crippen LogP contribution in [0.25, 0.3) is 0 Å². The Labute approximate surface area is 124 Å². The van der Waals surface area contributed by atoms with Crippen molar-refractivity contribution in [3.8, 4) is 0 Å². The average Bonchev–Trinajstić information content (AvgIpc) is 2.48. The summed E-state index contributed by atoms with van der Waals surface area (Å²) in [5.74, 6) is -1.12. The second kappa shape index (κ2) is 6.16. The Bertz CT molecular complexity index is 548. The molecular weight excluding hydrogens is 268 g/mol. The van der Waals surface area contributed by atoms with Crippen molar-refractivity contribution in [2.45, 2.75) is 39.0 Å². The summed E-state index contributed by atoms with van der Waals surface area (Å²) in [4.78, 5) is 23.8. The SMILES string of the molecule is Cc1ccc(N)c(C(=O)NCC2(C(=O)O)CCCCC2)c1. The van der Waals surface area contributed by atoms with Crippen LogP contribution >= 0.6 is 0 Å². The van der Waals surface area contributed by atoms with Crippen molar-refractivity contribution >= 4 is 17.6 Å². The zero-order valence-corrected chi connectivity index (χ0v) is 12.3. The molecule has 0 atom stereocenters. The normalized spacial score (nSPS) is 17.2. The largest absolute Gasteiger partial charge is 0.481 e. The summed E-state index contributed by atoms with van der Waals surface area (Å²) < 4.78 is 0. The topological polar surface area (TPSA) is 92.4 Å². The van der Waals surface area contributed by atoms with Gasteiger partial charge in [0.2, 0.25) is 0 Å². The number of hydrogen-bond donors (Lipinski definition) is 3. The minimum atomic E-state index is -0.827. The number of benzene rings is 1. The first-order chi connectivity index (χ1) is 9.94. The van der Waals surface area contributed by atoms with Gasteiger partial charge in [-0.2, -0.15) is 0 Å². The Kier molecular flexibility index (Phi) is 4.50.